The number of hydrogen-bond donors (Lipinski definition) is 2. The van der Waals surface area contributed by atoms with Crippen LogP contribution in [-0.4, -0.2) is 38.3 Å². The molecule has 2 aromatic rings. The second kappa shape index (κ2) is 9.33. The van der Waals surface area contributed by atoms with Gasteiger partial charge in [-0.3, -0.25) is 9.59 Å². The van der Waals surface area contributed by atoms with E-state index in [1.165, 1.54) is 31.4 Å². The van der Waals surface area contributed by atoms with Gasteiger partial charge in [0.05, 0.1) is 26.5 Å². The van der Waals surface area contributed by atoms with Crippen molar-refractivity contribution >= 4 is 17.5 Å². The number of nitrogens with one attached hydrogen (secondary N) is 2. The second-order valence-corrected chi connectivity index (χ2v) is 5.49. The first-order valence-corrected chi connectivity index (χ1v) is 8.04. The number of ether oxygens (including phenoxy) is 2. The van der Waals surface area contributed by atoms with Crippen molar-refractivity contribution in [2.45, 2.75) is 6.92 Å². The molecule has 2 aromatic carbocycles. The Morgan fingerprint density at radius 2 is 1.63 bits per heavy atom. The topological polar surface area (TPSA) is 89.0 Å². The quantitative estimate of drug-likeness (QED) is 0.575. The molecule has 7 nitrogen and oxygen atoms in total. The van der Waals surface area contributed by atoms with Gasteiger partial charge in [-0.15, -0.1) is 0 Å². The zero-order valence-corrected chi connectivity index (χ0v) is 15.2. The molecular weight excluding hydrogens is 353 g/mol. The Labute approximate surface area is 156 Å². The van der Waals surface area contributed by atoms with E-state index in [0.29, 0.717) is 17.2 Å². The van der Waals surface area contributed by atoms with Gasteiger partial charge in [0.15, 0.2) is 11.5 Å². The molecule has 2 amide bonds. The summed E-state index contributed by atoms with van der Waals surface area (Å²) in [6, 6.07) is 10.3. The number of nitrogens with zero attached hydrogens (tertiary/aromatic N) is 1. The molecule has 0 fully saturated rings. The van der Waals surface area contributed by atoms with E-state index in [0.717, 1.165) is 5.56 Å². The van der Waals surface area contributed by atoms with E-state index in [9.17, 15) is 14.0 Å². The van der Waals surface area contributed by atoms with Crippen molar-refractivity contribution in [1.82, 2.24) is 10.7 Å². The summed E-state index contributed by atoms with van der Waals surface area (Å²) in [5, 5.41) is 6.44. The molecule has 8 heteroatoms. The third-order valence-corrected chi connectivity index (χ3v) is 3.67. The molecule has 2 rings (SSSR count). The standard InChI is InChI=1S/C19H20FN3O4/c1-12(14-6-9-16(26-2)17(10-14)27-3)22-23-18(24)11-21-19(25)13-4-7-15(20)8-5-13/h4-10H,11H2,1-3H3,(H,21,25)(H,23,24)/b22-12+. The van der Waals surface area contributed by atoms with E-state index in [4.69, 9.17) is 9.47 Å². The molecule has 0 atom stereocenters. The first-order chi connectivity index (χ1) is 12.9. The minimum atomic E-state index is -0.495. The highest BCUT2D eigenvalue weighted by molar-refractivity contribution is 6.00. The molecule has 142 valence electrons. The van der Waals surface area contributed by atoms with Gasteiger partial charge in [0, 0.05) is 11.1 Å². The summed E-state index contributed by atoms with van der Waals surface area (Å²) in [5.74, 6) is -0.288. The molecule has 0 unspecified atom stereocenters. The van der Waals surface area contributed by atoms with Gasteiger partial charge >= 0.3 is 0 Å². The smallest absolute Gasteiger partial charge is 0.259 e. The van der Waals surface area contributed by atoms with Crippen LogP contribution in [0.1, 0.15) is 22.8 Å². The Bertz CT molecular complexity index is 851. The maximum Gasteiger partial charge on any atom is 0.259 e. The molecule has 0 aliphatic carbocycles. The number of methoxy groups -OCH3 is 2. The molecule has 0 heterocycles. The van der Waals surface area contributed by atoms with Crippen LogP contribution in [-0.2, 0) is 4.79 Å². The first-order valence-electron chi connectivity index (χ1n) is 8.04. The normalized spacial score (nSPS) is 10.9. The minimum absolute atomic E-state index is 0.259. The summed E-state index contributed by atoms with van der Waals surface area (Å²) in [6.45, 7) is 1.46. The molecule has 0 aromatic heterocycles. The molecule has 0 spiro atoms. The maximum absolute atomic E-state index is 12.8. The number of benzene rings is 2. The van der Waals surface area contributed by atoms with E-state index < -0.39 is 17.6 Å². The molecule has 0 saturated carbocycles. The molecular formula is C19H20FN3O4. The first kappa shape index (κ1) is 19.9. The van der Waals surface area contributed by atoms with Crippen LogP contribution in [0.3, 0.4) is 0 Å². The Kier molecular flexibility index (Phi) is 6.87. The van der Waals surface area contributed by atoms with Crippen molar-refractivity contribution in [1.29, 1.82) is 0 Å². The van der Waals surface area contributed by atoms with Crippen LogP contribution in [0.15, 0.2) is 47.6 Å². The zero-order valence-electron chi connectivity index (χ0n) is 15.2. The van der Waals surface area contributed by atoms with Crippen molar-refractivity contribution in [3.05, 3.63) is 59.4 Å². The second-order valence-electron chi connectivity index (χ2n) is 5.49. The van der Waals surface area contributed by atoms with Crippen LogP contribution in [0, 0.1) is 5.82 Å². The fraction of sp³-hybridized carbons (Fsp3) is 0.211. The van der Waals surface area contributed by atoms with E-state index in [2.05, 4.69) is 15.8 Å². The van der Waals surface area contributed by atoms with Crippen LogP contribution in [0.25, 0.3) is 0 Å². The van der Waals surface area contributed by atoms with Gasteiger partial charge in [0.25, 0.3) is 11.8 Å². The maximum atomic E-state index is 12.8. The number of amides is 2. The molecule has 0 radical (unpaired) electrons. The summed E-state index contributed by atoms with van der Waals surface area (Å²) in [4.78, 5) is 23.7. The summed E-state index contributed by atoms with van der Waals surface area (Å²) >= 11 is 0. The van der Waals surface area contributed by atoms with Gasteiger partial charge < -0.3 is 14.8 Å². The Balaban J connectivity index is 1.91. The van der Waals surface area contributed by atoms with E-state index in [1.54, 1.807) is 32.2 Å². The third-order valence-electron chi connectivity index (χ3n) is 3.67. The summed E-state index contributed by atoms with van der Waals surface area (Å²) in [5.41, 5.74) is 3.91. The van der Waals surface area contributed by atoms with E-state index >= 15 is 0 Å². The lowest BCUT2D eigenvalue weighted by Gasteiger charge is -2.09. The third kappa shape index (κ3) is 5.53. The molecule has 0 saturated heterocycles. The van der Waals surface area contributed by atoms with Crippen molar-refractivity contribution in [2.75, 3.05) is 20.8 Å². The van der Waals surface area contributed by atoms with Gasteiger partial charge in [-0.05, 0) is 49.4 Å². The zero-order chi connectivity index (χ0) is 19.8. The average molecular weight is 373 g/mol. The van der Waals surface area contributed by atoms with Gasteiger partial charge in [-0.1, -0.05) is 0 Å². The minimum Gasteiger partial charge on any atom is -0.493 e. The van der Waals surface area contributed by atoms with E-state index in [-0.39, 0.29) is 12.1 Å². The number of hydrogen-bond acceptors (Lipinski definition) is 5. The van der Waals surface area contributed by atoms with Crippen LogP contribution >= 0.6 is 0 Å². The predicted octanol–water partition coefficient (Wildman–Crippen LogP) is 2.11. The number of hydrazone groups is 1. The van der Waals surface area contributed by atoms with Gasteiger partial charge in [0.1, 0.15) is 5.82 Å². The lowest BCUT2D eigenvalue weighted by atomic mass is 10.1. The molecule has 0 aliphatic rings. The highest BCUT2D eigenvalue weighted by Crippen LogP contribution is 2.27. The largest absolute Gasteiger partial charge is 0.493 e. The van der Waals surface area contributed by atoms with Crippen molar-refractivity contribution < 1.29 is 23.5 Å². The lowest BCUT2D eigenvalue weighted by Crippen LogP contribution is -2.35. The fourth-order valence-electron chi connectivity index (χ4n) is 2.18. The highest BCUT2D eigenvalue weighted by Gasteiger charge is 2.09. The van der Waals surface area contributed by atoms with Gasteiger partial charge in [-0.25, -0.2) is 9.82 Å². The number of carbonyl (C=O) groups is 2. The monoisotopic (exact) mass is 373 g/mol. The van der Waals surface area contributed by atoms with Crippen LogP contribution in [0.4, 0.5) is 4.39 Å². The summed E-state index contributed by atoms with van der Waals surface area (Å²) < 4.78 is 23.2. The summed E-state index contributed by atoms with van der Waals surface area (Å²) in [6.07, 6.45) is 0. The molecule has 0 aliphatic heterocycles. The average Bonchev–Trinajstić information content (AvgIpc) is 2.70. The number of halogens is 1. The fourth-order valence-corrected chi connectivity index (χ4v) is 2.18. The highest BCUT2D eigenvalue weighted by atomic mass is 19.1. The predicted molar refractivity (Wildman–Crippen MR) is 98.6 cm³/mol. The van der Waals surface area contributed by atoms with Crippen LogP contribution in [0.5, 0.6) is 11.5 Å². The van der Waals surface area contributed by atoms with Crippen LogP contribution in [0.2, 0.25) is 0 Å². The van der Waals surface area contributed by atoms with E-state index in [1.807, 2.05) is 0 Å². The number of rotatable bonds is 7. The molecule has 27 heavy (non-hydrogen) atoms. The summed E-state index contributed by atoms with van der Waals surface area (Å²) in [7, 11) is 3.07. The van der Waals surface area contributed by atoms with Crippen molar-refractivity contribution in [2.24, 2.45) is 5.10 Å². The Morgan fingerprint density at radius 3 is 2.26 bits per heavy atom. The SMILES string of the molecule is COc1ccc(/C(C)=N/NC(=O)CNC(=O)c2ccc(F)cc2)cc1OC. The van der Waals surface area contributed by atoms with Crippen molar-refractivity contribution in [3.8, 4) is 11.5 Å². The van der Waals surface area contributed by atoms with Gasteiger partial charge in [0.2, 0.25) is 0 Å². The lowest BCUT2D eigenvalue weighted by molar-refractivity contribution is -0.120. The van der Waals surface area contributed by atoms with Crippen LogP contribution < -0.4 is 20.2 Å². The molecule has 2 N–H and O–H groups in total. The number of carbonyl (C=O) groups excluding carboxylic acids is 2. The Morgan fingerprint density at radius 1 is 1.00 bits per heavy atom. The van der Waals surface area contributed by atoms with Gasteiger partial charge in [-0.2, -0.15) is 5.10 Å². The molecule has 0 bridgehead atoms. The van der Waals surface area contributed by atoms with Crippen molar-refractivity contribution in [3.63, 3.8) is 0 Å². The Hall–Kier alpha value is -3.42.